The van der Waals surface area contributed by atoms with Crippen molar-refractivity contribution in [3.63, 3.8) is 0 Å². The monoisotopic (exact) mass is 351 g/mol. The summed E-state index contributed by atoms with van der Waals surface area (Å²) in [5.41, 5.74) is 5.80. The van der Waals surface area contributed by atoms with Crippen molar-refractivity contribution in [3.8, 4) is 0 Å². The Bertz CT molecular complexity index is 623. The van der Waals surface area contributed by atoms with Crippen LogP contribution in [-0.2, 0) is 15.6 Å². The first-order valence-electron chi connectivity index (χ1n) is 5.24. The van der Waals surface area contributed by atoms with Crippen LogP contribution in [0.1, 0.15) is 17.4 Å². The number of aryl methyl sites for hydroxylation is 1. The molecule has 2 heterocycles. The molecule has 100 valence electrons. The van der Waals surface area contributed by atoms with E-state index >= 15 is 0 Å². The first kappa shape index (κ1) is 13.8. The van der Waals surface area contributed by atoms with Gasteiger partial charge < -0.3 is 5.73 Å². The van der Waals surface area contributed by atoms with Crippen LogP contribution in [0.3, 0.4) is 0 Å². The average molecular weight is 352 g/mol. The van der Waals surface area contributed by atoms with Gasteiger partial charge in [0, 0.05) is 11.9 Å². The van der Waals surface area contributed by atoms with Gasteiger partial charge in [0.1, 0.15) is 5.54 Å². The molecule has 0 spiro atoms. The molecule has 5 nitrogen and oxygen atoms in total. The zero-order chi connectivity index (χ0) is 13.7. The van der Waals surface area contributed by atoms with Crippen molar-refractivity contribution in [1.29, 1.82) is 0 Å². The maximum Gasteiger partial charge on any atom is 0.239 e. The molecule has 0 unspecified atom stereocenters. The number of rotatable bonds is 1. The largest absolute Gasteiger partial charge is 0.369 e. The fourth-order valence-electron chi connectivity index (χ4n) is 2.07. The smallest absolute Gasteiger partial charge is 0.239 e. The molecule has 1 aromatic heterocycles. The first-order chi connectivity index (χ1) is 8.16. The molecule has 18 heavy (non-hydrogen) atoms. The topological polar surface area (TPSA) is 75.8 Å². The second kappa shape index (κ2) is 4.21. The quantitative estimate of drug-likeness (QED) is 0.835. The van der Waals surface area contributed by atoms with Gasteiger partial charge in [0.05, 0.1) is 9.54 Å². The van der Waals surface area contributed by atoms with Crippen LogP contribution in [0.4, 0.5) is 0 Å². The van der Waals surface area contributed by atoms with E-state index in [1.807, 2.05) is 13.0 Å². The SMILES string of the molecule is Cc1sc(Br)cc1[C@]1(C)CS(=O)(=O)N(C)C(N)=N1. The molecule has 0 radical (unpaired) electrons. The standard InChI is InChI=1S/C10H14BrN3O2S2/c1-6-7(4-8(11)17-6)10(2)5-18(15,16)14(3)9(12)13-10/h4H,5H2,1-3H3,(H2,12,13)/t10-/m0/s1. The maximum atomic E-state index is 12.1. The van der Waals surface area contributed by atoms with Crippen molar-refractivity contribution in [1.82, 2.24) is 4.31 Å². The number of sulfonamides is 1. The average Bonchev–Trinajstić information content (AvgIpc) is 2.54. The molecule has 0 fully saturated rings. The Kier molecular flexibility index (Phi) is 3.23. The minimum atomic E-state index is -3.41. The van der Waals surface area contributed by atoms with Crippen LogP contribution < -0.4 is 5.73 Å². The van der Waals surface area contributed by atoms with E-state index in [1.54, 1.807) is 18.3 Å². The summed E-state index contributed by atoms with van der Waals surface area (Å²) in [5, 5.41) is 0. The maximum absolute atomic E-state index is 12.1. The lowest BCUT2D eigenvalue weighted by atomic mass is 9.96. The Morgan fingerprint density at radius 3 is 2.67 bits per heavy atom. The summed E-state index contributed by atoms with van der Waals surface area (Å²) in [7, 11) is -1.99. The first-order valence-corrected chi connectivity index (χ1v) is 8.46. The molecule has 2 N–H and O–H groups in total. The van der Waals surface area contributed by atoms with Crippen LogP contribution in [-0.4, -0.2) is 31.5 Å². The van der Waals surface area contributed by atoms with E-state index in [0.717, 1.165) is 18.5 Å². The van der Waals surface area contributed by atoms with Gasteiger partial charge in [-0.25, -0.2) is 17.7 Å². The number of thiophene rings is 1. The summed E-state index contributed by atoms with van der Waals surface area (Å²) < 4.78 is 26.1. The molecule has 1 atom stereocenters. The third-order valence-electron chi connectivity index (χ3n) is 3.03. The lowest BCUT2D eigenvalue weighted by molar-refractivity contribution is 0.476. The van der Waals surface area contributed by atoms with E-state index in [2.05, 4.69) is 20.9 Å². The third-order valence-corrected chi connectivity index (χ3v) is 6.53. The summed E-state index contributed by atoms with van der Waals surface area (Å²) in [6, 6.07) is 1.91. The van der Waals surface area contributed by atoms with Gasteiger partial charge in [-0.3, -0.25) is 0 Å². The van der Waals surface area contributed by atoms with Crippen LogP contribution >= 0.6 is 27.3 Å². The van der Waals surface area contributed by atoms with Crippen molar-refractivity contribution in [2.45, 2.75) is 19.4 Å². The highest BCUT2D eigenvalue weighted by molar-refractivity contribution is 9.11. The fourth-order valence-corrected chi connectivity index (χ4v) is 5.33. The number of guanidine groups is 1. The molecule has 0 aliphatic carbocycles. The highest BCUT2D eigenvalue weighted by Gasteiger charge is 2.41. The number of hydrogen-bond donors (Lipinski definition) is 1. The molecular formula is C10H14BrN3O2S2. The van der Waals surface area contributed by atoms with E-state index in [-0.39, 0.29) is 11.7 Å². The second-order valence-corrected chi connectivity index (χ2v) is 9.12. The Morgan fingerprint density at radius 1 is 1.61 bits per heavy atom. The minimum Gasteiger partial charge on any atom is -0.369 e. The van der Waals surface area contributed by atoms with Gasteiger partial charge in [-0.2, -0.15) is 0 Å². The van der Waals surface area contributed by atoms with Gasteiger partial charge in [-0.15, -0.1) is 11.3 Å². The number of hydrogen-bond acceptors (Lipinski definition) is 5. The zero-order valence-corrected chi connectivity index (χ0v) is 13.5. The molecule has 8 heteroatoms. The molecule has 2 rings (SSSR count). The Balaban J connectivity index is 2.60. The number of nitrogens with two attached hydrogens (primary N) is 1. The highest BCUT2D eigenvalue weighted by atomic mass is 79.9. The predicted molar refractivity (Wildman–Crippen MR) is 77.3 cm³/mol. The van der Waals surface area contributed by atoms with Crippen LogP contribution in [0.15, 0.2) is 14.8 Å². The molecule has 1 aromatic rings. The summed E-state index contributed by atoms with van der Waals surface area (Å²) in [5.74, 6) is -0.0354. The van der Waals surface area contributed by atoms with Gasteiger partial charge >= 0.3 is 0 Å². The predicted octanol–water partition coefficient (Wildman–Crippen LogP) is 1.62. The number of nitrogens with zero attached hydrogens (tertiary/aromatic N) is 2. The number of aliphatic imine (C=N–C) groups is 1. The Labute approximate surface area is 119 Å². The number of halogens is 1. The highest BCUT2D eigenvalue weighted by Crippen LogP contribution is 2.38. The molecule has 1 aliphatic heterocycles. The summed E-state index contributed by atoms with van der Waals surface area (Å²) >= 11 is 4.97. The Morgan fingerprint density at radius 2 is 2.22 bits per heavy atom. The van der Waals surface area contributed by atoms with Crippen molar-refractivity contribution < 1.29 is 8.42 Å². The normalized spacial score (nSPS) is 27.1. The van der Waals surface area contributed by atoms with Crippen molar-refractivity contribution in [2.24, 2.45) is 10.7 Å². The van der Waals surface area contributed by atoms with Gasteiger partial charge in [0.25, 0.3) is 0 Å². The Hall–Kier alpha value is -0.600. The molecule has 0 aromatic carbocycles. The zero-order valence-electron chi connectivity index (χ0n) is 10.3. The van der Waals surface area contributed by atoms with E-state index in [1.165, 1.54) is 7.05 Å². The fraction of sp³-hybridized carbons (Fsp3) is 0.500. The second-order valence-electron chi connectivity index (χ2n) is 4.49. The van der Waals surface area contributed by atoms with Crippen molar-refractivity contribution in [2.75, 3.05) is 12.8 Å². The van der Waals surface area contributed by atoms with Crippen LogP contribution in [0, 0.1) is 6.92 Å². The van der Waals surface area contributed by atoms with Crippen LogP contribution in [0.25, 0.3) is 0 Å². The van der Waals surface area contributed by atoms with Crippen LogP contribution in [0.2, 0.25) is 0 Å². The molecule has 0 bridgehead atoms. The van der Waals surface area contributed by atoms with Crippen molar-refractivity contribution >= 4 is 43.2 Å². The molecule has 1 aliphatic rings. The lowest BCUT2D eigenvalue weighted by Crippen LogP contribution is -2.50. The molecule has 0 amide bonds. The van der Waals surface area contributed by atoms with E-state index < -0.39 is 15.6 Å². The van der Waals surface area contributed by atoms with Crippen LogP contribution in [0.5, 0.6) is 0 Å². The lowest BCUT2D eigenvalue weighted by Gasteiger charge is -2.34. The summed E-state index contributed by atoms with van der Waals surface area (Å²) in [6.45, 7) is 3.75. The van der Waals surface area contributed by atoms with Gasteiger partial charge in [-0.1, -0.05) is 0 Å². The van der Waals surface area contributed by atoms with E-state index in [4.69, 9.17) is 5.73 Å². The molecule has 0 saturated heterocycles. The minimum absolute atomic E-state index is 0.0328. The summed E-state index contributed by atoms with van der Waals surface area (Å²) in [6.07, 6.45) is 0. The molecular weight excluding hydrogens is 338 g/mol. The van der Waals surface area contributed by atoms with E-state index in [9.17, 15) is 8.42 Å². The van der Waals surface area contributed by atoms with Gasteiger partial charge in [0.2, 0.25) is 16.0 Å². The third kappa shape index (κ3) is 2.17. The van der Waals surface area contributed by atoms with E-state index in [0.29, 0.717) is 0 Å². The van der Waals surface area contributed by atoms with Crippen molar-refractivity contribution in [3.05, 3.63) is 20.3 Å². The molecule has 0 saturated carbocycles. The van der Waals surface area contributed by atoms with Gasteiger partial charge in [0.15, 0.2) is 0 Å². The van der Waals surface area contributed by atoms with Gasteiger partial charge in [-0.05, 0) is 41.4 Å². The summed E-state index contributed by atoms with van der Waals surface area (Å²) in [4.78, 5) is 5.40.